The average Bonchev–Trinajstić information content (AvgIpc) is 3.12. The number of nitrogens with one attached hydrogen (secondary N) is 1. The van der Waals surface area contributed by atoms with E-state index in [1.165, 1.54) is 37.5 Å². The predicted octanol–water partition coefficient (Wildman–Crippen LogP) is 3.79. The van der Waals surface area contributed by atoms with Crippen molar-refractivity contribution in [3.8, 4) is 0 Å². The third kappa shape index (κ3) is 2.85. The van der Waals surface area contributed by atoms with Crippen molar-refractivity contribution >= 4 is 16.9 Å². The Balaban J connectivity index is 1.45. The molecule has 23 heavy (non-hydrogen) atoms. The van der Waals surface area contributed by atoms with Gasteiger partial charge in [0.25, 0.3) is 5.91 Å². The van der Waals surface area contributed by atoms with Crippen molar-refractivity contribution in [3.05, 3.63) is 35.8 Å². The number of carbonyl (C=O) groups is 1. The summed E-state index contributed by atoms with van der Waals surface area (Å²) in [4.78, 5) is 12.4. The second-order valence-electron chi connectivity index (χ2n) is 6.72. The van der Waals surface area contributed by atoms with E-state index in [2.05, 4.69) is 5.32 Å². The summed E-state index contributed by atoms with van der Waals surface area (Å²) in [5.41, 5.74) is 0.482. The van der Waals surface area contributed by atoms with E-state index in [1.54, 1.807) is 6.07 Å². The molecule has 5 heteroatoms. The fourth-order valence-electron chi connectivity index (χ4n) is 3.86. The molecule has 1 atom stereocenters. The van der Waals surface area contributed by atoms with Gasteiger partial charge in [-0.3, -0.25) is 4.79 Å². The number of hydrogen-bond donors (Lipinski definition) is 1. The molecule has 122 valence electrons. The molecular weight excluding hydrogens is 297 g/mol. The number of rotatable bonds is 2. The fourth-order valence-corrected chi connectivity index (χ4v) is 3.86. The minimum Gasteiger partial charge on any atom is -0.451 e. The Morgan fingerprint density at radius 1 is 1.22 bits per heavy atom. The zero-order valence-electron chi connectivity index (χ0n) is 12.9. The van der Waals surface area contributed by atoms with Gasteiger partial charge in [-0.05, 0) is 43.5 Å². The highest BCUT2D eigenvalue weighted by Gasteiger charge is 2.41. The molecule has 1 aromatic carbocycles. The van der Waals surface area contributed by atoms with Crippen LogP contribution in [0.2, 0.25) is 0 Å². The zero-order chi connectivity index (χ0) is 15.9. The third-order valence-corrected chi connectivity index (χ3v) is 5.01. The average molecular weight is 317 g/mol. The first-order chi connectivity index (χ1) is 11.1. The van der Waals surface area contributed by atoms with Crippen molar-refractivity contribution in [2.75, 3.05) is 6.61 Å². The maximum absolute atomic E-state index is 13.2. The summed E-state index contributed by atoms with van der Waals surface area (Å²) in [6.07, 6.45) is 6.73. The Morgan fingerprint density at radius 2 is 2.04 bits per heavy atom. The SMILES string of the molecule is O=C(N[C@@H]1COC2(CCCCC2)C1)c1cc2cc(F)ccc2o1. The molecule has 0 bridgehead atoms. The Labute approximate surface area is 134 Å². The largest absolute Gasteiger partial charge is 0.451 e. The first kappa shape index (κ1) is 14.7. The number of carbonyl (C=O) groups excluding carboxylic acids is 1. The summed E-state index contributed by atoms with van der Waals surface area (Å²) in [7, 11) is 0. The van der Waals surface area contributed by atoms with Gasteiger partial charge in [0.15, 0.2) is 5.76 Å². The normalized spacial score (nSPS) is 23.4. The molecule has 1 aliphatic heterocycles. The van der Waals surface area contributed by atoms with Crippen molar-refractivity contribution in [1.82, 2.24) is 5.32 Å². The van der Waals surface area contributed by atoms with E-state index in [0.29, 0.717) is 17.6 Å². The zero-order valence-corrected chi connectivity index (χ0v) is 12.9. The molecular formula is C18H20FNO3. The highest BCUT2D eigenvalue weighted by atomic mass is 19.1. The highest BCUT2D eigenvalue weighted by Crippen LogP contribution is 2.39. The van der Waals surface area contributed by atoms with Crippen LogP contribution in [0.1, 0.15) is 49.1 Å². The van der Waals surface area contributed by atoms with Gasteiger partial charge in [0.05, 0.1) is 18.2 Å². The van der Waals surface area contributed by atoms with Crippen LogP contribution in [-0.2, 0) is 4.74 Å². The molecule has 2 aliphatic rings. The molecule has 4 nitrogen and oxygen atoms in total. The van der Waals surface area contributed by atoms with Crippen LogP contribution in [0.25, 0.3) is 11.0 Å². The number of hydrogen-bond acceptors (Lipinski definition) is 3. The van der Waals surface area contributed by atoms with Gasteiger partial charge in [-0.2, -0.15) is 0 Å². The van der Waals surface area contributed by atoms with Crippen LogP contribution in [-0.4, -0.2) is 24.2 Å². The van der Waals surface area contributed by atoms with Crippen molar-refractivity contribution in [2.45, 2.75) is 50.2 Å². The van der Waals surface area contributed by atoms with Gasteiger partial charge in [-0.25, -0.2) is 4.39 Å². The van der Waals surface area contributed by atoms with E-state index in [9.17, 15) is 9.18 Å². The monoisotopic (exact) mass is 317 g/mol. The number of halogens is 1. The molecule has 2 fully saturated rings. The first-order valence-electron chi connectivity index (χ1n) is 8.28. The third-order valence-electron chi connectivity index (χ3n) is 5.01. The Morgan fingerprint density at radius 3 is 2.87 bits per heavy atom. The Hall–Kier alpha value is -1.88. The molecule has 1 saturated carbocycles. The van der Waals surface area contributed by atoms with Crippen molar-refractivity contribution in [3.63, 3.8) is 0 Å². The Kier molecular flexibility index (Phi) is 3.60. The molecule has 2 aromatic rings. The molecule has 1 N–H and O–H groups in total. The van der Waals surface area contributed by atoms with E-state index in [1.807, 2.05) is 0 Å². The summed E-state index contributed by atoms with van der Waals surface area (Å²) in [5, 5.41) is 3.59. The molecule has 1 saturated heterocycles. The van der Waals surface area contributed by atoms with E-state index >= 15 is 0 Å². The molecule has 2 heterocycles. The van der Waals surface area contributed by atoms with Gasteiger partial charge in [0.1, 0.15) is 11.4 Å². The fraction of sp³-hybridized carbons (Fsp3) is 0.500. The molecule has 4 rings (SSSR count). The molecule has 1 spiro atoms. The summed E-state index contributed by atoms with van der Waals surface area (Å²) < 4.78 is 24.7. The summed E-state index contributed by atoms with van der Waals surface area (Å²) in [6, 6.07) is 5.83. The summed E-state index contributed by atoms with van der Waals surface area (Å²) >= 11 is 0. The minimum absolute atomic E-state index is 0.0190. The molecule has 1 aromatic heterocycles. The number of furan rings is 1. The van der Waals surface area contributed by atoms with E-state index in [4.69, 9.17) is 9.15 Å². The van der Waals surface area contributed by atoms with Crippen molar-refractivity contribution in [2.24, 2.45) is 0 Å². The van der Waals surface area contributed by atoms with Gasteiger partial charge in [-0.1, -0.05) is 19.3 Å². The van der Waals surface area contributed by atoms with Crippen molar-refractivity contribution in [1.29, 1.82) is 0 Å². The summed E-state index contributed by atoms with van der Waals surface area (Å²) in [5.74, 6) is -0.382. The lowest BCUT2D eigenvalue weighted by Gasteiger charge is -2.32. The van der Waals surface area contributed by atoms with Gasteiger partial charge in [0, 0.05) is 5.39 Å². The topological polar surface area (TPSA) is 51.5 Å². The smallest absolute Gasteiger partial charge is 0.287 e. The second kappa shape index (κ2) is 5.64. The standard InChI is InChI=1S/C18H20FNO3/c19-13-4-5-15-12(8-13)9-16(23-15)17(21)20-14-10-18(22-11-14)6-2-1-3-7-18/h4-5,8-9,14H,1-3,6-7,10-11H2,(H,20,21)/t14-/m0/s1. The van der Waals surface area contributed by atoms with Crippen LogP contribution in [0.15, 0.2) is 28.7 Å². The lowest BCUT2D eigenvalue weighted by Crippen LogP contribution is -2.37. The quantitative estimate of drug-likeness (QED) is 0.917. The van der Waals surface area contributed by atoms with Crippen LogP contribution in [0, 0.1) is 5.82 Å². The number of amides is 1. The predicted molar refractivity (Wildman–Crippen MR) is 83.8 cm³/mol. The van der Waals surface area contributed by atoms with Crippen LogP contribution in [0.4, 0.5) is 4.39 Å². The molecule has 1 amide bonds. The lowest BCUT2D eigenvalue weighted by molar-refractivity contribution is -0.0246. The van der Waals surface area contributed by atoms with Crippen LogP contribution < -0.4 is 5.32 Å². The van der Waals surface area contributed by atoms with Crippen LogP contribution in [0.5, 0.6) is 0 Å². The first-order valence-corrected chi connectivity index (χ1v) is 8.28. The van der Waals surface area contributed by atoms with Gasteiger partial charge in [0.2, 0.25) is 0 Å². The van der Waals surface area contributed by atoms with Crippen molar-refractivity contribution < 1.29 is 18.3 Å². The summed E-state index contributed by atoms with van der Waals surface area (Å²) in [6.45, 7) is 0.556. The Bertz CT molecular complexity index is 733. The number of fused-ring (bicyclic) bond motifs is 1. The maximum atomic E-state index is 13.2. The molecule has 0 unspecified atom stereocenters. The van der Waals surface area contributed by atoms with Gasteiger partial charge in [-0.15, -0.1) is 0 Å². The minimum atomic E-state index is -0.339. The maximum Gasteiger partial charge on any atom is 0.287 e. The van der Waals surface area contributed by atoms with E-state index < -0.39 is 0 Å². The second-order valence-corrected chi connectivity index (χ2v) is 6.72. The highest BCUT2D eigenvalue weighted by molar-refractivity contribution is 5.96. The van der Waals surface area contributed by atoms with Crippen LogP contribution >= 0.6 is 0 Å². The molecule has 0 radical (unpaired) electrons. The van der Waals surface area contributed by atoms with Crippen LogP contribution in [0.3, 0.4) is 0 Å². The van der Waals surface area contributed by atoms with E-state index in [0.717, 1.165) is 19.3 Å². The lowest BCUT2D eigenvalue weighted by atomic mass is 9.82. The van der Waals surface area contributed by atoms with Gasteiger partial charge < -0.3 is 14.5 Å². The number of ether oxygens (including phenoxy) is 1. The van der Waals surface area contributed by atoms with Gasteiger partial charge >= 0.3 is 0 Å². The molecule has 1 aliphatic carbocycles. The van der Waals surface area contributed by atoms with E-state index in [-0.39, 0.29) is 29.1 Å². The number of benzene rings is 1.